The second kappa shape index (κ2) is 5.64. The Kier molecular flexibility index (Phi) is 4.47. The minimum Gasteiger partial charge on any atom is -0.384 e. The molecule has 1 aromatic rings. The van der Waals surface area contributed by atoms with E-state index in [4.69, 9.17) is 10.5 Å². The van der Waals surface area contributed by atoms with Gasteiger partial charge in [-0.1, -0.05) is 0 Å². The Labute approximate surface area is 94.2 Å². The van der Waals surface area contributed by atoms with Crippen LogP contribution < -0.4 is 15.2 Å². The highest BCUT2D eigenvalue weighted by molar-refractivity contribution is 7.90. The molecule has 0 saturated carbocycles. The maximum Gasteiger partial charge on any atom is 0.299 e. The van der Waals surface area contributed by atoms with Gasteiger partial charge in [-0.15, -0.1) is 0 Å². The number of hydrogen-bond acceptors (Lipinski definition) is 5. The molecule has 0 aliphatic heterocycles. The van der Waals surface area contributed by atoms with Gasteiger partial charge in [-0.3, -0.25) is 4.72 Å². The highest BCUT2D eigenvalue weighted by atomic mass is 32.2. The molecular formula is C8H14N4O3S. The van der Waals surface area contributed by atoms with E-state index >= 15 is 0 Å². The Hall–Kier alpha value is -1.38. The zero-order valence-corrected chi connectivity index (χ0v) is 9.62. The van der Waals surface area contributed by atoms with Crippen LogP contribution in [0.1, 0.15) is 0 Å². The molecule has 1 aromatic heterocycles. The Morgan fingerprint density at radius 3 is 2.81 bits per heavy atom. The summed E-state index contributed by atoms with van der Waals surface area (Å²) in [5.74, 6) is 0.329. The highest BCUT2D eigenvalue weighted by Crippen LogP contribution is 2.07. The molecule has 0 aliphatic rings. The van der Waals surface area contributed by atoms with E-state index in [9.17, 15) is 8.42 Å². The van der Waals surface area contributed by atoms with Crippen molar-refractivity contribution in [3.63, 3.8) is 0 Å². The molecule has 16 heavy (non-hydrogen) atoms. The van der Waals surface area contributed by atoms with Gasteiger partial charge in [0, 0.05) is 13.7 Å². The van der Waals surface area contributed by atoms with Crippen molar-refractivity contribution in [3.05, 3.63) is 18.3 Å². The average Bonchev–Trinajstić information content (AvgIpc) is 2.21. The SMILES string of the molecule is COCCNS(=O)(=O)Nc1ccc(N)nc1. The van der Waals surface area contributed by atoms with Crippen LogP contribution in [-0.4, -0.2) is 33.7 Å². The molecule has 0 unspecified atom stereocenters. The van der Waals surface area contributed by atoms with Crippen LogP contribution in [-0.2, 0) is 14.9 Å². The van der Waals surface area contributed by atoms with Gasteiger partial charge in [0.1, 0.15) is 5.82 Å². The largest absolute Gasteiger partial charge is 0.384 e. The third kappa shape index (κ3) is 4.43. The highest BCUT2D eigenvalue weighted by Gasteiger charge is 2.08. The number of pyridine rings is 1. The summed E-state index contributed by atoms with van der Waals surface area (Å²) in [6.07, 6.45) is 1.34. The minimum absolute atomic E-state index is 0.203. The number of nitrogens with two attached hydrogens (primary N) is 1. The lowest BCUT2D eigenvalue weighted by Crippen LogP contribution is -2.32. The molecule has 0 radical (unpaired) electrons. The van der Waals surface area contributed by atoms with Crippen LogP contribution in [0.2, 0.25) is 0 Å². The summed E-state index contributed by atoms with van der Waals surface area (Å²) >= 11 is 0. The predicted octanol–water partition coefficient (Wildman–Crippen LogP) is -0.443. The van der Waals surface area contributed by atoms with Gasteiger partial charge in [0.05, 0.1) is 18.5 Å². The zero-order valence-electron chi connectivity index (χ0n) is 8.80. The first-order valence-electron chi connectivity index (χ1n) is 4.51. The van der Waals surface area contributed by atoms with Crippen LogP contribution >= 0.6 is 0 Å². The second-order valence-electron chi connectivity index (χ2n) is 2.96. The number of hydrogen-bond donors (Lipinski definition) is 3. The molecule has 0 aromatic carbocycles. The topological polar surface area (TPSA) is 106 Å². The number of nitrogens with one attached hydrogen (secondary N) is 2. The van der Waals surface area contributed by atoms with E-state index in [1.165, 1.54) is 25.4 Å². The van der Waals surface area contributed by atoms with Crippen molar-refractivity contribution in [1.82, 2.24) is 9.71 Å². The number of methoxy groups -OCH3 is 1. The maximum atomic E-state index is 11.4. The molecule has 0 fully saturated rings. The number of nitrogen functional groups attached to an aromatic ring is 1. The number of ether oxygens (including phenoxy) is 1. The zero-order chi connectivity index (χ0) is 12.0. The number of nitrogens with zero attached hydrogens (tertiary/aromatic N) is 1. The van der Waals surface area contributed by atoms with Crippen LogP contribution in [0.25, 0.3) is 0 Å². The van der Waals surface area contributed by atoms with Gasteiger partial charge < -0.3 is 10.5 Å². The average molecular weight is 246 g/mol. The molecule has 8 heteroatoms. The summed E-state index contributed by atoms with van der Waals surface area (Å²) < 4.78 is 32.2. The summed E-state index contributed by atoms with van der Waals surface area (Å²) in [7, 11) is -2.09. The Morgan fingerprint density at radius 1 is 1.50 bits per heavy atom. The maximum absolute atomic E-state index is 11.4. The normalized spacial score (nSPS) is 11.3. The first kappa shape index (κ1) is 12.7. The fourth-order valence-corrected chi connectivity index (χ4v) is 1.79. The molecule has 0 atom stereocenters. The van der Waals surface area contributed by atoms with Crippen molar-refractivity contribution in [1.29, 1.82) is 0 Å². The number of aromatic nitrogens is 1. The Morgan fingerprint density at radius 2 is 2.25 bits per heavy atom. The van der Waals surface area contributed by atoms with Crippen molar-refractivity contribution in [2.75, 3.05) is 30.7 Å². The van der Waals surface area contributed by atoms with Crippen molar-refractivity contribution in [3.8, 4) is 0 Å². The monoisotopic (exact) mass is 246 g/mol. The van der Waals surface area contributed by atoms with E-state index in [0.717, 1.165) is 0 Å². The fourth-order valence-electron chi connectivity index (χ4n) is 0.935. The van der Waals surface area contributed by atoms with Gasteiger partial charge in [-0.05, 0) is 12.1 Å². The van der Waals surface area contributed by atoms with Crippen LogP contribution in [0.5, 0.6) is 0 Å². The summed E-state index contributed by atoms with van der Waals surface area (Å²) in [6.45, 7) is 0.509. The number of rotatable bonds is 6. The molecule has 4 N–H and O–H groups in total. The molecule has 0 saturated heterocycles. The third-order valence-electron chi connectivity index (χ3n) is 1.64. The van der Waals surface area contributed by atoms with Gasteiger partial charge >= 0.3 is 0 Å². The van der Waals surface area contributed by atoms with E-state index in [2.05, 4.69) is 14.4 Å². The first-order chi connectivity index (χ1) is 7.53. The van der Waals surface area contributed by atoms with Crippen molar-refractivity contribution >= 4 is 21.7 Å². The molecular weight excluding hydrogens is 232 g/mol. The summed E-state index contributed by atoms with van der Waals surface area (Å²) in [5.41, 5.74) is 5.71. The summed E-state index contributed by atoms with van der Waals surface area (Å²) in [6, 6.07) is 3.03. The Bertz CT molecular complexity index is 417. The van der Waals surface area contributed by atoms with E-state index in [1.807, 2.05) is 0 Å². The molecule has 7 nitrogen and oxygen atoms in total. The van der Waals surface area contributed by atoms with Crippen molar-refractivity contribution in [2.24, 2.45) is 0 Å². The lowest BCUT2D eigenvalue weighted by molar-refractivity contribution is 0.204. The smallest absolute Gasteiger partial charge is 0.299 e. The molecule has 0 aliphatic carbocycles. The summed E-state index contributed by atoms with van der Waals surface area (Å²) in [4.78, 5) is 3.76. The van der Waals surface area contributed by atoms with Crippen molar-refractivity contribution < 1.29 is 13.2 Å². The molecule has 0 bridgehead atoms. The Balaban J connectivity index is 2.55. The lowest BCUT2D eigenvalue weighted by Gasteiger charge is -2.08. The standard InChI is InChI=1S/C8H14N4O3S/c1-15-5-4-11-16(13,14)12-7-2-3-8(9)10-6-7/h2-3,6,11-12H,4-5H2,1H3,(H2,9,10). The quantitative estimate of drug-likeness (QED) is 0.590. The van der Waals surface area contributed by atoms with Crippen molar-refractivity contribution in [2.45, 2.75) is 0 Å². The van der Waals surface area contributed by atoms with Gasteiger partial charge in [-0.2, -0.15) is 13.1 Å². The van der Waals surface area contributed by atoms with Crippen LogP contribution in [0.3, 0.4) is 0 Å². The molecule has 1 rings (SSSR count). The molecule has 90 valence electrons. The van der Waals surface area contributed by atoms with Gasteiger partial charge in [0.2, 0.25) is 0 Å². The van der Waals surface area contributed by atoms with E-state index < -0.39 is 10.2 Å². The third-order valence-corrected chi connectivity index (χ3v) is 2.73. The molecule has 1 heterocycles. The van der Waals surface area contributed by atoms with Crippen LogP contribution in [0.15, 0.2) is 18.3 Å². The second-order valence-corrected chi connectivity index (χ2v) is 4.46. The van der Waals surface area contributed by atoms with Gasteiger partial charge in [-0.25, -0.2) is 4.98 Å². The predicted molar refractivity (Wildman–Crippen MR) is 61.1 cm³/mol. The van der Waals surface area contributed by atoms with Crippen LogP contribution in [0.4, 0.5) is 11.5 Å². The minimum atomic E-state index is -3.58. The lowest BCUT2D eigenvalue weighted by atomic mass is 10.4. The van der Waals surface area contributed by atoms with E-state index in [0.29, 0.717) is 18.1 Å². The van der Waals surface area contributed by atoms with Gasteiger partial charge in [0.25, 0.3) is 10.2 Å². The summed E-state index contributed by atoms with van der Waals surface area (Å²) in [5, 5.41) is 0. The van der Waals surface area contributed by atoms with Gasteiger partial charge in [0.15, 0.2) is 0 Å². The molecule has 0 amide bonds. The number of anilines is 2. The van der Waals surface area contributed by atoms with E-state index in [1.54, 1.807) is 0 Å². The molecule has 0 spiro atoms. The first-order valence-corrected chi connectivity index (χ1v) is 6.00. The fraction of sp³-hybridized carbons (Fsp3) is 0.375. The van der Waals surface area contributed by atoms with Crippen LogP contribution in [0, 0.1) is 0 Å². The van der Waals surface area contributed by atoms with E-state index in [-0.39, 0.29) is 6.54 Å².